The van der Waals surface area contributed by atoms with Crippen LogP contribution in [0.5, 0.6) is 0 Å². The van der Waals surface area contributed by atoms with Crippen molar-refractivity contribution < 1.29 is 0 Å². The van der Waals surface area contributed by atoms with Crippen molar-refractivity contribution in [3.63, 3.8) is 0 Å². The second kappa shape index (κ2) is 18.5. The summed E-state index contributed by atoms with van der Waals surface area (Å²) in [5.74, 6) is 0. The molecule has 0 spiro atoms. The van der Waals surface area contributed by atoms with Gasteiger partial charge in [-0.1, -0.05) is 0 Å². The molecule has 18 aliphatic rings. The first kappa shape index (κ1) is 58.8. The first-order chi connectivity index (χ1) is 53.3. The number of aromatic nitrogens is 3. The topological polar surface area (TPSA) is 51.9 Å². The Morgan fingerprint density at radius 1 is 0.315 bits per heavy atom. The Bertz CT molecular complexity index is 7260. The molecule has 12 aromatic carbocycles. The average Bonchev–Trinajstić information content (AvgIpc) is 1.43. The summed E-state index contributed by atoms with van der Waals surface area (Å²) in [4.78, 5) is 0. The van der Waals surface area contributed by atoms with Gasteiger partial charge in [0.25, 0.3) is 0 Å². The van der Waals surface area contributed by atoms with Crippen LogP contribution < -0.4 is 65.1 Å². The van der Waals surface area contributed by atoms with Crippen molar-refractivity contribution in [2.24, 2.45) is 13.5 Å². The molecule has 0 atom stereocenters. The van der Waals surface area contributed by atoms with Crippen molar-refractivity contribution in [1.29, 1.82) is 0 Å². The van der Waals surface area contributed by atoms with E-state index in [2.05, 4.69) is 271 Å². The molecule has 0 aliphatic carbocycles. The fourth-order valence-electron chi connectivity index (χ4n) is 26.4. The fourth-order valence-corrected chi connectivity index (χ4v) is 64.9. The van der Waals surface area contributed by atoms with E-state index in [1.165, 1.54) is 122 Å². The van der Waals surface area contributed by atoms with E-state index < -0.39 is 19.2 Å². The molecule has 6 nitrogen and oxygen atoms in total. The molecule has 0 amide bonds. The third-order valence-corrected chi connectivity index (χ3v) is 68.1. The second-order valence-corrected chi connectivity index (χ2v) is 64.8. The Kier molecular flexibility index (Phi) is 10.1. The van der Waals surface area contributed by atoms with Gasteiger partial charge >= 0.3 is 644 Å². The van der Waals surface area contributed by atoms with Crippen molar-refractivity contribution in [1.82, 2.24) is 13.7 Å². The predicted octanol–water partition coefficient (Wildman–Crippen LogP) is 3.73. The molecule has 483 valence electrons. The van der Waals surface area contributed by atoms with Gasteiger partial charge in [0.1, 0.15) is 0 Å². The van der Waals surface area contributed by atoms with Crippen LogP contribution in [0.1, 0.15) is 33.4 Å². The summed E-state index contributed by atoms with van der Waals surface area (Å²) >= 11 is 0. The molecular weight excluding hydrogens is 1400 g/mol. The Morgan fingerprint density at radius 3 is 1.27 bits per heavy atom. The van der Waals surface area contributed by atoms with Gasteiger partial charge in [-0.05, 0) is 0 Å². The van der Waals surface area contributed by atoms with Crippen molar-refractivity contribution in [3.8, 4) is 17.1 Å². The molecule has 18 aliphatic heterocycles. The van der Waals surface area contributed by atoms with E-state index in [1.807, 2.05) is 0 Å². The molecule has 15 aromatic rings. The summed E-state index contributed by atoms with van der Waals surface area (Å²) in [6.07, 6.45) is 7.11. The second-order valence-electron chi connectivity index (χ2n) is 39.0. The van der Waals surface area contributed by atoms with Gasteiger partial charge in [0, 0.05) is 0 Å². The van der Waals surface area contributed by atoms with E-state index >= 15 is 0 Å². The summed E-state index contributed by atoms with van der Waals surface area (Å²) in [7, 11) is 1.61. The molecule has 12 saturated heterocycles. The van der Waals surface area contributed by atoms with Gasteiger partial charge in [0.2, 0.25) is 0 Å². The first-order valence-corrected chi connectivity index (χ1v) is 54.8. The van der Waals surface area contributed by atoms with Gasteiger partial charge in [-0.2, -0.15) is 0 Å². The van der Waals surface area contributed by atoms with Crippen LogP contribution in [0.25, 0.3) is 82.5 Å². The number of hydrogen-bond acceptors (Lipinski definition) is 3. The van der Waals surface area contributed by atoms with E-state index in [-0.39, 0.29) is 43.1 Å². The van der Waals surface area contributed by atoms with Crippen LogP contribution in [0.2, 0.25) is 0 Å². The zero-order chi connectivity index (χ0) is 69.0. The Hall–Kier alpha value is -7.01. The van der Waals surface area contributed by atoms with Crippen molar-refractivity contribution in [2.45, 2.75) is 19.3 Å². The van der Waals surface area contributed by atoms with Gasteiger partial charge < -0.3 is 0 Å². The van der Waals surface area contributed by atoms with Crippen LogP contribution in [-0.4, -0.2) is 152 Å². The van der Waals surface area contributed by atoms with E-state index in [0.717, 1.165) is 62.8 Å². The van der Waals surface area contributed by atoms with Crippen LogP contribution in [0.3, 0.4) is 0 Å². The number of fused-ring (bicyclic) bond motifs is 30. The maximum atomic E-state index is 6.00. The summed E-state index contributed by atoms with van der Waals surface area (Å²) in [6.45, 7) is 9.70. The quantitative estimate of drug-likeness (QED) is 0.181. The molecule has 12 fully saturated rings. The van der Waals surface area contributed by atoms with Crippen LogP contribution >= 0.6 is 41.6 Å². The van der Waals surface area contributed by atoms with Crippen LogP contribution in [0.4, 0.5) is 0 Å². The third kappa shape index (κ3) is 6.80. The molecule has 0 bridgehead atoms. The first-order valence-electron chi connectivity index (χ1n) is 42.2. The Balaban J connectivity index is 0.0000000827. The standard InChI is InChI=1S/3C25H19B7N2P2/c1-3-9-18-15(7-1)13-16-14-22(36(27-30(36)28-36)33-35-31-26-32(31)35)23-17-8-2-5-11-20(17)34-21-12-6-4-10-19(21)29(18)24(16)25(23)34;1-3-9-19-15(7-1)13-18-23(36(27-30(36)28-36)33-35-31-26-32(31)35)14-17-16-8-2-5-11-21(16)34-22-12-6-4-10-20(22)29(19)24(18)25(17)34;1-3-9-21-16(6-1)17-13-12-15-14-18-19(29-20-7-2-4-10-22(20)34(21)25(17)24(15)29)8-5-11-23(18)36(27-30(36)28-36)33-35-31-26-32(31)35/h2*1-12,14H,13,26-27H2;1-13H,14,26-27H2/q3*-1. The van der Waals surface area contributed by atoms with E-state index in [9.17, 15) is 0 Å². The van der Waals surface area contributed by atoms with E-state index in [0.29, 0.717) is 41.3 Å². The number of para-hydroxylation sites is 6. The molecule has 3 aromatic heterocycles. The number of benzene rings is 12. The molecule has 0 saturated carbocycles. The minimum absolute atomic E-state index is 0.0643. The SMILES string of the molecule is [B]1B2[BH2-]P12(N=[P+]1B2[BH2-]B21)c1cc2c3c4c1c1ccccc1n4-c1ccccc1B3c1ccccc1C2.[B]1B2[BH2-]P12(N=[P+]1B2[BH2-]B21)c1cc2c3ccccc3n3c2c2c1Cc1ccccc1B2c1ccccc1-3.[B]1B2[BH2-]P12(N=[P+]1B2[BH2-]B21)c1cccc2c1Cc1ccc3c4ccccc4n4c3c1B2c1ccccc1-4. The predicted molar refractivity (Wildman–Crippen MR) is 512 cm³/mol. The van der Waals surface area contributed by atoms with Crippen molar-refractivity contribution >= 4 is 311 Å². The summed E-state index contributed by atoms with van der Waals surface area (Å²) in [5, 5.41) is 14.0. The van der Waals surface area contributed by atoms with Gasteiger partial charge in [-0.3, -0.25) is 0 Å². The molecular formula is C75H57B21N6P6-3. The summed E-state index contributed by atoms with van der Waals surface area (Å²) < 4.78 is 25.7. The molecule has 0 N–H and O–H groups in total. The number of hydrogen-bond donors (Lipinski definition) is 0. The average molecular weight is 1460 g/mol. The minimum atomic E-state index is -2.02. The maximum absolute atomic E-state index is 6.00. The Labute approximate surface area is 638 Å². The van der Waals surface area contributed by atoms with Gasteiger partial charge in [0.15, 0.2) is 0 Å². The van der Waals surface area contributed by atoms with Crippen molar-refractivity contribution in [2.75, 3.05) is 0 Å². The molecule has 33 heteroatoms. The Morgan fingerprint density at radius 2 is 0.722 bits per heavy atom. The van der Waals surface area contributed by atoms with Gasteiger partial charge in [0.05, 0.1) is 0 Å². The third-order valence-electron chi connectivity index (χ3n) is 34.1. The number of rotatable bonds is 6. The molecule has 21 heterocycles. The molecule has 108 heavy (non-hydrogen) atoms. The molecule has 33 rings (SSSR count). The zero-order valence-corrected chi connectivity index (χ0v) is 66.5. The normalized spacial score (nSPS) is 22.1. The van der Waals surface area contributed by atoms with E-state index in [1.54, 1.807) is 71.0 Å². The molecule has 0 unspecified atom stereocenters. The fraction of sp³-hybridized carbons (Fsp3) is 0.0400. The van der Waals surface area contributed by atoms with Gasteiger partial charge in [-0.25, -0.2) is 0 Å². The van der Waals surface area contributed by atoms with E-state index in [4.69, 9.17) is 13.5 Å². The molecule has 3 radical (unpaired) electrons. The van der Waals surface area contributed by atoms with Crippen LogP contribution in [-0.2, 0) is 19.3 Å². The van der Waals surface area contributed by atoms with Gasteiger partial charge in [-0.15, -0.1) is 0 Å². The monoisotopic (exact) mass is 1460 g/mol. The summed E-state index contributed by atoms with van der Waals surface area (Å²) in [6, 6.07) is 91.4. The summed E-state index contributed by atoms with van der Waals surface area (Å²) in [5.41, 5.74) is 36.0. The zero-order valence-electron chi connectivity index (χ0n) is 61.2. The van der Waals surface area contributed by atoms with Crippen LogP contribution in [0, 0.1) is 0 Å². The van der Waals surface area contributed by atoms with Crippen molar-refractivity contribution in [3.05, 3.63) is 270 Å². The number of nitrogens with zero attached hydrogens (tertiary/aromatic N) is 6. The van der Waals surface area contributed by atoms with Crippen LogP contribution in [0.15, 0.2) is 250 Å².